The first-order chi connectivity index (χ1) is 14.5. The molecule has 10 nitrogen and oxygen atoms in total. The van der Waals surface area contributed by atoms with Crippen LogP contribution in [0.1, 0.15) is 6.92 Å². The molecule has 0 unspecified atom stereocenters. The highest BCUT2D eigenvalue weighted by molar-refractivity contribution is 5.77. The van der Waals surface area contributed by atoms with Crippen molar-refractivity contribution in [2.75, 3.05) is 13.2 Å². The fraction of sp³-hybridized carbons (Fsp3) is 0.150. The predicted octanol–water partition coefficient (Wildman–Crippen LogP) is 2.24. The van der Waals surface area contributed by atoms with Gasteiger partial charge in [-0.05, 0) is 36.8 Å². The summed E-state index contributed by atoms with van der Waals surface area (Å²) in [6.45, 7) is 1.87. The Bertz CT molecular complexity index is 1280. The highest BCUT2D eigenvalue weighted by Gasteiger charge is 2.13. The second kappa shape index (κ2) is 8.03. The number of H-pyrrole nitrogens is 2. The third-order valence-electron chi connectivity index (χ3n) is 4.26. The van der Waals surface area contributed by atoms with Crippen LogP contribution in [0.5, 0.6) is 11.5 Å². The first kappa shape index (κ1) is 19.1. The van der Waals surface area contributed by atoms with E-state index in [1.54, 1.807) is 30.3 Å². The predicted molar refractivity (Wildman–Crippen MR) is 107 cm³/mol. The summed E-state index contributed by atoms with van der Waals surface area (Å²) in [7, 11) is 0. The Labute approximate surface area is 169 Å². The molecule has 3 N–H and O–H groups in total. The molecule has 0 saturated carbocycles. The maximum Gasteiger partial charge on any atom is 0.341 e. The molecule has 4 rings (SSSR count). The van der Waals surface area contributed by atoms with Gasteiger partial charge in [0, 0.05) is 11.1 Å². The number of carboxylic acids is 1. The number of benzene rings is 2. The number of carbonyl (C=O) groups is 1. The normalized spacial score (nSPS) is 10.8. The van der Waals surface area contributed by atoms with Gasteiger partial charge in [-0.3, -0.25) is 4.79 Å². The van der Waals surface area contributed by atoms with Gasteiger partial charge in [0.05, 0.1) is 6.61 Å². The van der Waals surface area contributed by atoms with Crippen molar-refractivity contribution in [3.63, 3.8) is 0 Å². The van der Waals surface area contributed by atoms with Gasteiger partial charge < -0.3 is 19.6 Å². The molecule has 0 radical (unpaired) electrons. The van der Waals surface area contributed by atoms with Crippen LogP contribution < -0.4 is 15.0 Å². The maximum atomic E-state index is 12.2. The molecule has 2 aromatic heterocycles. The zero-order valence-electron chi connectivity index (χ0n) is 15.9. The largest absolute Gasteiger partial charge is 0.493 e. The topological polar surface area (TPSA) is 143 Å². The standard InChI is InChI=1S/C20H17N5O5/c1-2-29-15-9-12(18-21-19-17(20(28)22-18)23-25-24-19)6-7-14(15)11-4-3-5-13(8-11)30-10-16(26)27/h3-9H,2,10H2,1H3,(H,26,27)(H2,21,22,23,24,25,28). The van der Waals surface area contributed by atoms with Gasteiger partial charge in [-0.15, -0.1) is 5.10 Å². The average molecular weight is 407 g/mol. The van der Waals surface area contributed by atoms with Crippen molar-refractivity contribution in [3.05, 3.63) is 52.8 Å². The molecule has 0 amide bonds. The lowest BCUT2D eigenvalue weighted by Crippen LogP contribution is -2.09. The quantitative estimate of drug-likeness (QED) is 0.423. The van der Waals surface area contributed by atoms with Gasteiger partial charge in [0.25, 0.3) is 5.56 Å². The first-order valence-corrected chi connectivity index (χ1v) is 9.08. The number of nitrogens with one attached hydrogen (secondary N) is 2. The SMILES string of the molecule is CCOc1cc(-c2nc3[nH]nnc3c(=O)[nH]2)ccc1-c1cccc(OCC(=O)O)c1. The van der Waals surface area contributed by atoms with E-state index < -0.39 is 18.1 Å². The minimum atomic E-state index is -1.05. The summed E-state index contributed by atoms with van der Waals surface area (Å²) in [5.41, 5.74) is 2.26. The van der Waals surface area contributed by atoms with Crippen LogP contribution in [0.2, 0.25) is 0 Å². The molecular weight excluding hydrogens is 390 g/mol. The summed E-state index contributed by atoms with van der Waals surface area (Å²) < 4.78 is 11.1. The van der Waals surface area contributed by atoms with E-state index in [1.807, 2.05) is 19.1 Å². The number of fused-ring (bicyclic) bond motifs is 1. The van der Waals surface area contributed by atoms with Crippen molar-refractivity contribution in [2.45, 2.75) is 6.92 Å². The summed E-state index contributed by atoms with van der Waals surface area (Å²) in [5, 5.41) is 18.7. The monoisotopic (exact) mass is 407 g/mol. The van der Waals surface area contributed by atoms with Crippen molar-refractivity contribution >= 4 is 17.1 Å². The number of nitrogens with zero attached hydrogens (tertiary/aromatic N) is 3. The number of aliphatic carboxylic acids is 1. The lowest BCUT2D eigenvalue weighted by molar-refractivity contribution is -0.139. The van der Waals surface area contributed by atoms with Crippen LogP contribution in [0, 0.1) is 0 Å². The van der Waals surface area contributed by atoms with Crippen LogP contribution in [-0.4, -0.2) is 49.7 Å². The Balaban J connectivity index is 1.74. The van der Waals surface area contributed by atoms with E-state index in [9.17, 15) is 9.59 Å². The van der Waals surface area contributed by atoms with Gasteiger partial charge in [-0.25, -0.2) is 14.9 Å². The lowest BCUT2D eigenvalue weighted by Gasteiger charge is -2.13. The number of carboxylic acid groups (broad SMARTS) is 1. The Morgan fingerprint density at radius 1 is 1.13 bits per heavy atom. The van der Waals surface area contributed by atoms with Crippen molar-refractivity contribution in [2.24, 2.45) is 0 Å². The van der Waals surface area contributed by atoms with Crippen molar-refractivity contribution in [1.82, 2.24) is 25.4 Å². The zero-order valence-corrected chi connectivity index (χ0v) is 15.9. The summed E-state index contributed by atoms with van der Waals surface area (Å²) in [4.78, 5) is 30.0. The molecule has 10 heteroatoms. The molecule has 0 fully saturated rings. The molecule has 4 aromatic rings. The number of ether oxygens (including phenoxy) is 2. The van der Waals surface area contributed by atoms with Crippen LogP contribution in [0.15, 0.2) is 47.3 Å². The third-order valence-corrected chi connectivity index (χ3v) is 4.26. The molecule has 0 aliphatic heterocycles. The second-order valence-electron chi connectivity index (χ2n) is 6.28. The van der Waals surface area contributed by atoms with E-state index in [4.69, 9.17) is 14.6 Å². The smallest absolute Gasteiger partial charge is 0.341 e. The molecule has 0 aliphatic rings. The lowest BCUT2D eigenvalue weighted by atomic mass is 10.0. The second-order valence-corrected chi connectivity index (χ2v) is 6.28. The highest BCUT2D eigenvalue weighted by atomic mass is 16.5. The van der Waals surface area contributed by atoms with Crippen LogP contribution in [0.25, 0.3) is 33.7 Å². The van der Waals surface area contributed by atoms with E-state index in [0.29, 0.717) is 35.1 Å². The first-order valence-electron chi connectivity index (χ1n) is 9.08. The van der Waals surface area contributed by atoms with E-state index >= 15 is 0 Å². The van der Waals surface area contributed by atoms with Crippen molar-refractivity contribution < 1.29 is 19.4 Å². The fourth-order valence-electron chi connectivity index (χ4n) is 2.98. The van der Waals surface area contributed by atoms with Crippen molar-refractivity contribution in [1.29, 1.82) is 0 Å². The van der Waals surface area contributed by atoms with Gasteiger partial charge in [0.2, 0.25) is 0 Å². The molecular formula is C20H17N5O5. The molecule has 2 aromatic carbocycles. The van der Waals surface area contributed by atoms with Crippen LogP contribution in [-0.2, 0) is 4.79 Å². The number of aromatic nitrogens is 5. The molecule has 0 atom stereocenters. The minimum absolute atomic E-state index is 0.138. The third kappa shape index (κ3) is 3.83. The highest BCUT2D eigenvalue weighted by Crippen LogP contribution is 2.35. The number of aromatic amines is 2. The summed E-state index contributed by atoms with van der Waals surface area (Å²) in [6.07, 6.45) is 0. The van der Waals surface area contributed by atoms with Crippen LogP contribution in [0.4, 0.5) is 0 Å². The average Bonchev–Trinajstić information content (AvgIpc) is 3.22. The maximum absolute atomic E-state index is 12.2. The Hall–Kier alpha value is -4.21. The zero-order chi connectivity index (χ0) is 21.1. The Morgan fingerprint density at radius 2 is 2.00 bits per heavy atom. The molecule has 30 heavy (non-hydrogen) atoms. The van der Waals surface area contributed by atoms with Crippen molar-refractivity contribution in [3.8, 4) is 34.0 Å². The molecule has 0 aliphatic carbocycles. The van der Waals surface area contributed by atoms with E-state index in [0.717, 1.165) is 11.1 Å². The van der Waals surface area contributed by atoms with Gasteiger partial charge in [0.15, 0.2) is 17.8 Å². The molecule has 2 heterocycles. The Kier molecular flexibility index (Phi) is 5.12. The van der Waals surface area contributed by atoms with Gasteiger partial charge in [-0.1, -0.05) is 23.4 Å². The Morgan fingerprint density at radius 3 is 2.80 bits per heavy atom. The number of rotatable bonds is 7. The van der Waals surface area contributed by atoms with Gasteiger partial charge in [0.1, 0.15) is 17.3 Å². The number of hydrogen-bond donors (Lipinski definition) is 3. The van der Waals surface area contributed by atoms with Gasteiger partial charge >= 0.3 is 5.97 Å². The van der Waals surface area contributed by atoms with Gasteiger partial charge in [-0.2, -0.15) is 0 Å². The van der Waals surface area contributed by atoms with Crippen LogP contribution in [0.3, 0.4) is 0 Å². The summed E-state index contributed by atoms with van der Waals surface area (Å²) in [5.74, 6) is 0.316. The minimum Gasteiger partial charge on any atom is -0.493 e. The molecule has 152 valence electrons. The molecule has 0 bridgehead atoms. The summed E-state index contributed by atoms with van der Waals surface area (Å²) in [6, 6.07) is 12.5. The van der Waals surface area contributed by atoms with Crippen LogP contribution >= 0.6 is 0 Å². The molecule has 0 saturated heterocycles. The van der Waals surface area contributed by atoms with E-state index in [2.05, 4.69) is 25.4 Å². The number of hydrogen-bond acceptors (Lipinski definition) is 7. The molecule has 0 spiro atoms. The van der Waals surface area contributed by atoms with E-state index in [-0.39, 0.29) is 5.52 Å². The van der Waals surface area contributed by atoms with E-state index in [1.165, 1.54) is 0 Å². The summed E-state index contributed by atoms with van der Waals surface area (Å²) >= 11 is 0. The fourth-order valence-corrected chi connectivity index (χ4v) is 2.98.